The van der Waals surface area contributed by atoms with Crippen LogP contribution in [0, 0.1) is 0 Å². The van der Waals surface area contributed by atoms with E-state index in [1.54, 1.807) is 59.5 Å². The van der Waals surface area contributed by atoms with Gasteiger partial charge in [-0.3, -0.25) is 9.59 Å². The van der Waals surface area contributed by atoms with Crippen molar-refractivity contribution in [1.29, 1.82) is 0 Å². The van der Waals surface area contributed by atoms with Gasteiger partial charge in [0.2, 0.25) is 0 Å². The number of thioether (sulfide) groups is 1. The number of anilines is 1. The van der Waals surface area contributed by atoms with E-state index >= 15 is 0 Å². The molecule has 0 saturated heterocycles. The molecule has 0 spiro atoms. The van der Waals surface area contributed by atoms with Crippen LogP contribution in [0.3, 0.4) is 0 Å². The van der Waals surface area contributed by atoms with Gasteiger partial charge in [-0.05, 0) is 42.7 Å². The number of benzene rings is 3. The Hall–Kier alpha value is -3.49. The Morgan fingerprint density at radius 1 is 1.00 bits per heavy atom. The summed E-state index contributed by atoms with van der Waals surface area (Å²) in [6.45, 7) is 0. The fraction of sp³-hybridized carbons (Fsp3) is 0.0435. The summed E-state index contributed by atoms with van der Waals surface area (Å²) in [5.74, 6) is -0.380. The standard InChI is InChI=1S/C23H16N4O2S2/c1-30-23-25-18-12-11-14(13-19(18)31-23)24-21(28)20-16-9-5-6-10-17(16)22(29)27(26-20)15-7-3-2-4-8-15/h2-13H,1H3,(H,24,28). The highest BCUT2D eigenvalue weighted by molar-refractivity contribution is 8.00. The average Bonchev–Trinajstić information content (AvgIpc) is 3.22. The molecule has 6 nitrogen and oxygen atoms in total. The second-order valence-electron chi connectivity index (χ2n) is 6.77. The van der Waals surface area contributed by atoms with Crippen LogP contribution in [0.1, 0.15) is 10.5 Å². The number of thiazole rings is 1. The van der Waals surface area contributed by atoms with Crippen molar-refractivity contribution in [1.82, 2.24) is 14.8 Å². The first-order valence-corrected chi connectivity index (χ1v) is 11.5. The van der Waals surface area contributed by atoms with Crippen LogP contribution in [0.15, 0.2) is 81.9 Å². The highest BCUT2D eigenvalue weighted by Crippen LogP contribution is 2.30. The first kappa shape index (κ1) is 19.5. The molecule has 0 fully saturated rings. The summed E-state index contributed by atoms with van der Waals surface area (Å²) in [7, 11) is 0. The number of rotatable bonds is 4. The van der Waals surface area contributed by atoms with E-state index in [9.17, 15) is 9.59 Å². The number of nitrogens with one attached hydrogen (secondary N) is 1. The van der Waals surface area contributed by atoms with Crippen molar-refractivity contribution in [2.24, 2.45) is 0 Å². The maximum atomic E-state index is 13.2. The second-order valence-corrected chi connectivity index (χ2v) is 8.85. The summed E-state index contributed by atoms with van der Waals surface area (Å²) in [4.78, 5) is 30.7. The summed E-state index contributed by atoms with van der Waals surface area (Å²) in [5, 5.41) is 8.30. The molecule has 0 aliphatic rings. The lowest BCUT2D eigenvalue weighted by atomic mass is 10.1. The van der Waals surface area contributed by atoms with Gasteiger partial charge in [0.05, 0.1) is 21.3 Å². The van der Waals surface area contributed by atoms with Crippen molar-refractivity contribution in [3.63, 3.8) is 0 Å². The van der Waals surface area contributed by atoms with Crippen LogP contribution in [0.2, 0.25) is 0 Å². The maximum absolute atomic E-state index is 13.2. The Labute approximate surface area is 185 Å². The number of nitrogens with zero attached hydrogens (tertiary/aromatic N) is 3. The molecule has 8 heteroatoms. The summed E-state index contributed by atoms with van der Waals surface area (Å²) in [6.07, 6.45) is 1.98. The molecule has 0 atom stereocenters. The monoisotopic (exact) mass is 444 g/mol. The summed E-state index contributed by atoms with van der Waals surface area (Å²) in [5.41, 5.74) is 2.07. The van der Waals surface area contributed by atoms with Crippen LogP contribution >= 0.6 is 23.1 Å². The smallest absolute Gasteiger partial charge is 0.279 e. The normalized spacial score (nSPS) is 11.1. The van der Waals surface area contributed by atoms with E-state index in [0.29, 0.717) is 22.1 Å². The SMILES string of the molecule is CSc1nc2ccc(NC(=O)c3nn(-c4ccccc4)c(=O)c4ccccc34)cc2s1. The molecule has 31 heavy (non-hydrogen) atoms. The number of aromatic nitrogens is 3. The topological polar surface area (TPSA) is 76.9 Å². The number of carbonyl (C=O) groups is 1. The van der Waals surface area contributed by atoms with Gasteiger partial charge in [-0.15, -0.1) is 11.3 Å². The molecule has 2 heterocycles. The Kier molecular flexibility index (Phi) is 5.01. The lowest BCUT2D eigenvalue weighted by Crippen LogP contribution is -2.26. The fourth-order valence-electron chi connectivity index (χ4n) is 3.36. The molecular formula is C23H16N4O2S2. The molecule has 0 aliphatic carbocycles. The zero-order valence-corrected chi connectivity index (χ0v) is 18.0. The Bertz CT molecular complexity index is 1490. The highest BCUT2D eigenvalue weighted by atomic mass is 32.2. The van der Waals surface area contributed by atoms with Crippen molar-refractivity contribution < 1.29 is 4.79 Å². The van der Waals surface area contributed by atoms with Gasteiger partial charge >= 0.3 is 0 Å². The minimum absolute atomic E-state index is 0.188. The van der Waals surface area contributed by atoms with E-state index < -0.39 is 0 Å². The predicted octanol–water partition coefficient (Wildman–Crippen LogP) is 4.97. The van der Waals surface area contributed by atoms with Gasteiger partial charge < -0.3 is 5.32 Å². The maximum Gasteiger partial charge on any atom is 0.279 e. The van der Waals surface area contributed by atoms with Crippen molar-refractivity contribution in [2.45, 2.75) is 4.34 Å². The zero-order valence-electron chi connectivity index (χ0n) is 16.4. The number of amides is 1. The molecular weight excluding hydrogens is 428 g/mol. The van der Waals surface area contributed by atoms with Crippen LogP contribution in [-0.2, 0) is 0 Å². The van der Waals surface area contributed by atoms with Crippen LogP contribution < -0.4 is 10.9 Å². The number of hydrogen-bond acceptors (Lipinski definition) is 6. The van der Waals surface area contributed by atoms with Crippen molar-refractivity contribution in [2.75, 3.05) is 11.6 Å². The molecule has 0 bridgehead atoms. The minimum atomic E-state index is -0.380. The third-order valence-corrected chi connectivity index (χ3v) is 6.83. The van der Waals surface area contributed by atoms with E-state index in [1.165, 1.54) is 4.68 Å². The summed E-state index contributed by atoms with van der Waals surface area (Å²) < 4.78 is 3.24. The molecule has 5 aromatic rings. The second kappa shape index (κ2) is 7.98. The zero-order chi connectivity index (χ0) is 21.4. The number of para-hydroxylation sites is 1. The van der Waals surface area contributed by atoms with Gasteiger partial charge in [0.15, 0.2) is 10.0 Å². The minimum Gasteiger partial charge on any atom is -0.321 e. The Balaban J connectivity index is 1.60. The third-order valence-electron chi connectivity index (χ3n) is 4.82. The molecule has 2 aromatic heterocycles. The van der Waals surface area contributed by atoms with Gasteiger partial charge in [0, 0.05) is 11.1 Å². The fourth-order valence-corrected chi connectivity index (χ4v) is 4.89. The molecule has 0 saturated carbocycles. The van der Waals surface area contributed by atoms with E-state index in [-0.39, 0.29) is 17.2 Å². The lowest BCUT2D eigenvalue weighted by molar-refractivity contribution is 0.102. The van der Waals surface area contributed by atoms with Gasteiger partial charge in [-0.2, -0.15) is 9.78 Å². The largest absolute Gasteiger partial charge is 0.321 e. The summed E-state index contributed by atoms with van der Waals surface area (Å²) in [6, 6.07) is 21.7. The Morgan fingerprint density at radius 2 is 1.74 bits per heavy atom. The van der Waals surface area contributed by atoms with Crippen molar-refractivity contribution in [3.8, 4) is 5.69 Å². The lowest BCUT2D eigenvalue weighted by Gasteiger charge is -2.11. The average molecular weight is 445 g/mol. The molecule has 5 rings (SSSR count). The predicted molar refractivity (Wildman–Crippen MR) is 127 cm³/mol. The first-order chi connectivity index (χ1) is 15.1. The Morgan fingerprint density at radius 3 is 2.52 bits per heavy atom. The van der Waals surface area contributed by atoms with Crippen LogP contribution in [-0.4, -0.2) is 26.9 Å². The third kappa shape index (κ3) is 3.60. The molecule has 0 aliphatic heterocycles. The van der Waals surface area contributed by atoms with E-state index in [2.05, 4.69) is 15.4 Å². The molecule has 152 valence electrons. The van der Waals surface area contributed by atoms with Crippen LogP contribution in [0.4, 0.5) is 5.69 Å². The highest BCUT2D eigenvalue weighted by Gasteiger charge is 2.18. The van der Waals surface area contributed by atoms with Gasteiger partial charge in [0.1, 0.15) is 0 Å². The molecule has 1 N–H and O–H groups in total. The molecule has 1 amide bonds. The van der Waals surface area contributed by atoms with Crippen LogP contribution in [0.5, 0.6) is 0 Å². The molecule has 3 aromatic carbocycles. The molecule has 0 radical (unpaired) electrons. The number of fused-ring (bicyclic) bond motifs is 2. The van der Waals surface area contributed by atoms with Crippen molar-refractivity contribution >= 4 is 55.7 Å². The van der Waals surface area contributed by atoms with E-state index in [1.807, 2.05) is 42.7 Å². The number of hydrogen-bond donors (Lipinski definition) is 1. The van der Waals surface area contributed by atoms with E-state index in [0.717, 1.165) is 14.6 Å². The summed E-state index contributed by atoms with van der Waals surface area (Å²) >= 11 is 3.17. The number of carbonyl (C=O) groups excluding carboxylic acids is 1. The van der Waals surface area contributed by atoms with Gasteiger partial charge in [-0.25, -0.2) is 4.98 Å². The quantitative estimate of drug-likeness (QED) is 0.396. The molecule has 0 unspecified atom stereocenters. The van der Waals surface area contributed by atoms with Crippen LogP contribution in [0.25, 0.3) is 26.7 Å². The van der Waals surface area contributed by atoms with Crippen molar-refractivity contribution in [3.05, 3.63) is 88.8 Å². The first-order valence-electron chi connectivity index (χ1n) is 9.47. The van der Waals surface area contributed by atoms with E-state index in [4.69, 9.17) is 0 Å². The van der Waals surface area contributed by atoms with Gasteiger partial charge in [0.25, 0.3) is 11.5 Å². The van der Waals surface area contributed by atoms with Gasteiger partial charge in [-0.1, -0.05) is 48.2 Å².